The topological polar surface area (TPSA) is 9.23 Å². The van der Waals surface area contributed by atoms with Crippen LogP contribution in [-0.2, 0) is 0 Å². The lowest BCUT2D eigenvalue weighted by atomic mass is 10.2. The molecule has 0 atom stereocenters. The van der Waals surface area contributed by atoms with E-state index in [-0.39, 0.29) is 0 Å². The van der Waals surface area contributed by atoms with Crippen molar-refractivity contribution in [2.75, 3.05) is 0 Å². The fourth-order valence-corrected chi connectivity index (χ4v) is 1.73. The first-order valence-corrected chi connectivity index (χ1v) is 5.46. The number of rotatable bonds is 2. The minimum atomic E-state index is 0.475. The van der Waals surface area contributed by atoms with Crippen molar-refractivity contribution < 1.29 is 4.74 Å². The molecule has 2 rings (SSSR count). The third-order valence-corrected chi connectivity index (χ3v) is 2.66. The molecule has 0 aliphatic rings. The average molecular weight is 252 g/mol. The summed E-state index contributed by atoms with van der Waals surface area (Å²) in [4.78, 5) is 0. The van der Waals surface area contributed by atoms with Gasteiger partial charge in [-0.2, -0.15) is 0 Å². The van der Waals surface area contributed by atoms with E-state index in [1.807, 2.05) is 24.3 Å². The molecule has 16 heavy (non-hydrogen) atoms. The summed E-state index contributed by atoms with van der Waals surface area (Å²) in [6.07, 6.45) is 0. The van der Waals surface area contributed by atoms with Crippen LogP contribution >= 0.6 is 23.2 Å². The Kier molecular flexibility index (Phi) is 3.37. The van der Waals surface area contributed by atoms with Gasteiger partial charge in [-0.3, -0.25) is 0 Å². The number of halogens is 2. The van der Waals surface area contributed by atoms with Crippen molar-refractivity contribution in [3.8, 4) is 11.5 Å². The van der Waals surface area contributed by atoms with Crippen molar-refractivity contribution in [3.05, 3.63) is 65.0 Å². The molecule has 0 saturated heterocycles. The molecule has 0 amide bonds. The maximum atomic E-state index is 5.99. The highest BCUT2D eigenvalue weighted by Crippen LogP contribution is 2.35. The lowest BCUT2D eigenvalue weighted by Gasteiger charge is -2.09. The molecule has 3 heteroatoms. The van der Waals surface area contributed by atoms with Crippen LogP contribution in [-0.4, -0.2) is 0 Å². The van der Waals surface area contributed by atoms with E-state index in [9.17, 15) is 0 Å². The summed E-state index contributed by atoms with van der Waals surface area (Å²) >= 11 is 12.0. The molecule has 0 aliphatic heterocycles. The first-order valence-electron chi connectivity index (χ1n) is 4.71. The van der Waals surface area contributed by atoms with E-state index in [0.29, 0.717) is 21.5 Å². The standard InChI is InChI=1S/C13H9Cl2O/c1-9-5-7-10(8-6-9)16-13-11(14)3-2-4-12(13)15/h2-8H,1H2. The summed E-state index contributed by atoms with van der Waals surface area (Å²) in [6.45, 7) is 3.80. The van der Waals surface area contributed by atoms with Crippen molar-refractivity contribution in [2.45, 2.75) is 0 Å². The molecule has 0 saturated carbocycles. The zero-order chi connectivity index (χ0) is 11.5. The van der Waals surface area contributed by atoms with Crippen LogP contribution in [0.3, 0.4) is 0 Å². The van der Waals surface area contributed by atoms with Gasteiger partial charge in [0, 0.05) is 0 Å². The second kappa shape index (κ2) is 4.77. The Balaban J connectivity index is 2.30. The molecular formula is C13H9Cl2O. The number of para-hydroxylation sites is 1. The lowest BCUT2D eigenvalue weighted by Crippen LogP contribution is -1.86. The number of benzene rings is 2. The van der Waals surface area contributed by atoms with Gasteiger partial charge in [-0.05, 0) is 36.8 Å². The molecule has 2 aromatic carbocycles. The SMILES string of the molecule is [CH2]c1ccc(Oc2c(Cl)cccc2Cl)cc1. The predicted octanol–water partition coefficient (Wildman–Crippen LogP) is 4.97. The fraction of sp³-hybridized carbons (Fsp3) is 0. The Labute approximate surface area is 105 Å². The zero-order valence-corrected chi connectivity index (χ0v) is 9.92. The quantitative estimate of drug-likeness (QED) is 0.733. The van der Waals surface area contributed by atoms with Gasteiger partial charge in [0.15, 0.2) is 5.75 Å². The van der Waals surface area contributed by atoms with Crippen LogP contribution in [0.4, 0.5) is 0 Å². The predicted molar refractivity (Wildman–Crippen MR) is 67.4 cm³/mol. The first kappa shape index (κ1) is 11.3. The highest BCUT2D eigenvalue weighted by atomic mass is 35.5. The molecule has 0 unspecified atom stereocenters. The summed E-state index contributed by atoms with van der Waals surface area (Å²) in [5, 5.41) is 0.984. The van der Waals surface area contributed by atoms with Gasteiger partial charge in [0.1, 0.15) is 5.75 Å². The van der Waals surface area contributed by atoms with E-state index in [1.165, 1.54) is 0 Å². The monoisotopic (exact) mass is 251 g/mol. The minimum absolute atomic E-state index is 0.475. The van der Waals surface area contributed by atoms with Crippen LogP contribution < -0.4 is 4.74 Å². The summed E-state index contributed by atoms with van der Waals surface area (Å²) in [5.41, 5.74) is 0.928. The Hall–Kier alpha value is -1.18. The van der Waals surface area contributed by atoms with Gasteiger partial charge in [0.25, 0.3) is 0 Å². The maximum Gasteiger partial charge on any atom is 0.164 e. The van der Waals surface area contributed by atoms with Gasteiger partial charge in [0.05, 0.1) is 10.0 Å². The Morgan fingerprint density at radius 2 is 1.44 bits per heavy atom. The zero-order valence-electron chi connectivity index (χ0n) is 8.41. The Morgan fingerprint density at radius 1 is 0.875 bits per heavy atom. The van der Waals surface area contributed by atoms with E-state index in [0.717, 1.165) is 5.56 Å². The van der Waals surface area contributed by atoms with Crippen LogP contribution in [0.25, 0.3) is 0 Å². The molecule has 0 N–H and O–H groups in total. The molecule has 0 fully saturated rings. The Morgan fingerprint density at radius 3 is 2.00 bits per heavy atom. The number of hydrogen-bond donors (Lipinski definition) is 0. The molecule has 81 valence electrons. The van der Waals surface area contributed by atoms with Crippen molar-refractivity contribution in [3.63, 3.8) is 0 Å². The summed E-state index contributed by atoms with van der Waals surface area (Å²) in [6, 6.07) is 12.6. The molecule has 0 heterocycles. The third kappa shape index (κ3) is 2.49. The van der Waals surface area contributed by atoms with Crippen LogP contribution in [0.15, 0.2) is 42.5 Å². The Bertz CT molecular complexity index is 472. The van der Waals surface area contributed by atoms with Crippen LogP contribution in [0.5, 0.6) is 11.5 Å². The van der Waals surface area contributed by atoms with Crippen LogP contribution in [0.1, 0.15) is 5.56 Å². The van der Waals surface area contributed by atoms with Crippen LogP contribution in [0.2, 0.25) is 10.0 Å². The molecule has 0 aromatic heterocycles. The first-order chi connectivity index (χ1) is 7.66. The molecule has 1 radical (unpaired) electrons. The summed E-state index contributed by atoms with van der Waals surface area (Å²) < 4.78 is 5.60. The van der Waals surface area contributed by atoms with Crippen molar-refractivity contribution in [1.29, 1.82) is 0 Å². The second-order valence-electron chi connectivity index (χ2n) is 3.30. The summed E-state index contributed by atoms with van der Waals surface area (Å²) in [7, 11) is 0. The van der Waals surface area contributed by atoms with Gasteiger partial charge in [-0.15, -0.1) is 0 Å². The molecule has 0 bridgehead atoms. The third-order valence-electron chi connectivity index (χ3n) is 2.06. The van der Waals surface area contributed by atoms with E-state index in [1.54, 1.807) is 18.2 Å². The van der Waals surface area contributed by atoms with Gasteiger partial charge < -0.3 is 4.74 Å². The molecular weight excluding hydrogens is 243 g/mol. The minimum Gasteiger partial charge on any atom is -0.454 e. The number of hydrogen-bond acceptors (Lipinski definition) is 1. The highest BCUT2D eigenvalue weighted by Gasteiger charge is 2.07. The summed E-state index contributed by atoms with van der Waals surface area (Å²) in [5.74, 6) is 1.16. The highest BCUT2D eigenvalue weighted by molar-refractivity contribution is 6.37. The number of ether oxygens (including phenoxy) is 1. The van der Waals surface area contributed by atoms with Gasteiger partial charge in [-0.1, -0.05) is 41.4 Å². The van der Waals surface area contributed by atoms with Crippen LogP contribution in [0, 0.1) is 6.92 Å². The maximum absolute atomic E-state index is 5.99. The molecule has 1 nitrogen and oxygen atoms in total. The largest absolute Gasteiger partial charge is 0.454 e. The van der Waals surface area contributed by atoms with Gasteiger partial charge >= 0.3 is 0 Å². The average Bonchev–Trinajstić information content (AvgIpc) is 2.26. The van der Waals surface area contributed by atoms with Crippen molar-refractivity contribution in [2.24, 2.45) is 0 Å². The molecule has 0 spiro atoms. The second-order valence-corrected chi connectivity index (χ2v) is 4.11. The normalized spacial score (nSPS) is 10.2. The van der Waals surface area contributed by atoms with E-state index >= 15 is 0 Å². The van der Waals surface area contributed by atoms with Crippen molar-refractivity contribution in [1.82, 2.24) is 0 Å². The molecule has 0 aliphatic carbocycles. The van der Waals surface area contributed by atoms with Gasteiger partial charge in [-0.25, -0.2) is 0 Å². The van der Waals surface area contributed by atoms with E-state index in [4.69, 9.17) is 27.9 Å². The molecule has 2 aromatic rings. The lowest BCUT2D eigenvalue weighted by molar-refractivity contribution is 0.483. The van der Waals surface area contributed by atoms with E-state index < -0.39 is 0 Å². The smallest absolute Gasteiger partial charge is 0.164 e. The van der Waals surface area contributed by atoms with E-state index in [2.05, 4.69) is 6.92 Å². The van der Waals surface area contributed by atoms with Crippen molar-refractivity contribution >= 4 is 23.2 Å². The fourth-order valence-electron chi connectivity index (χ4n) is 1.26. The van der Waals surface area contributed by atoms with Gasteiger partial charge in [0.2, 0.25) is 0 Å².